The molecule has 2 atom stereocenters. The molecule has 1 aromatic heterocycles. The lowest BCUT2D eigenvalue weighted by atomic mass is 10.0. The molecule has 1 amide bonds. The average molecular weight is 368 g/mol. The van der Waals surface area contributed by atoms with Gasteiger partial charge in [-0.3, -0.25) is 10.1 Å². The van der Waals surface area contributed by atoms with Gasteiger partial charge in [0.1, 0.15) is 5.82 Å². The summed E-state index contributed by atoms with van der Waals surface area (Å²) in [4.78, 5) is 23.4. The van der Waals surface area contributed by atoms with E-state index in [0.717, 1.165) is 24.1 Å². The van der Waals surface area contributed by atoms with Crippen LogP contribution >= 0.6 is 0 Å². The Kier molecular flexibility index (Phi) is 4.51. The largest absolute Gasteiger partial charge is 0.481 e. The van der Waals surface area contributed by atoms with Gasteiger partial charge in [-0.25, -0.2) is 14.4 Å². The molecular weight excluding hydrogens is 347 g/mol. The summed E-state index contributed by atoms with van der Waals surface area (Å²) in [6.07, 6.45) is 2.23. The standard InChI is InChI=1S/C20H21FN4O2/c1-12-16(8-10-19(22-12)27-2)23-20-24-18(26)11-15-7-9-17(25(15)20)13-3-5-14(21)6-4-13/h3-6,8,10,15,17H,7,9,11H2,1-2H3,(H,23,24,26). The van der Waals surface area contributed by atoms with Crippen LogP contribution in [-0.4, -0.2) is 34.9 Å². The van der Waals surface area contributed by atoms with Crippen molar-refractivity contribution in [2.24, 2.45) is 4.99 Å². The van der Waals surface area contributed by atoms with E-state index in [1.807, 2.05) is 13.0 Å². The summed E-state index contributed by atoms with van der Waals surface area (Å²) in [6, 6.07) is 10.3. The highest BCUT2D eigenvalue weighted by Crippen LogP contribution is 2.39. The Bertz CT molecular complexity index is 897. The van der Waals surface area contributed by atoms with Crippen molar-refractivity contribution in [1.29, 1.82) is 0 Å². The molecule has 0 radical (unpaired) electrons. The molecule has 1 aromatic carbocycles. The number of carbonyl (C=O) groups excluding carboxylic acids is 1. The van der Waals surface area contributed by atoms with Crippen LogP contribution in [0.15, 0.2) is 41.4 Å². The van der Waals surface area contributed by atoms with Crippen LogP contribution < -0.4 is 10.1 Å². The number of hydrogen-bond donors (Lipinski definition) is 1. The number of nitrogens with zero attached hydrogens (tertiary/aromatic N) is 3. The summed E-state index contributed by atoms with van der Waals surface area (Å²) < 4.78 is 18.5. The molecule has 2 aromatic rings. The summed E-state index contributed by atoms with van der Waals surface area (Å²) in [5.41, 5.74) is 2.42. The maximum atomic E-state index is 13.3. The fourth-order valence-electron chi connectivity index (χ4n) is 3.83. The second-order valence-corrected chi connectivity index (χ2v) is 6.85. The van der Waals surface area contributed by atoms with Crippen molar-refractivity contribution in [1.82, 2.24) is 15.2 Å². The number of methoxy groups -OCH3 is 1. The van der Waals surface area contributed by atoms with Crippen LogP contribution in [0.5, 0.6) is 5.88 Å². The number of aromatic nitrogens is 1. The predicted octanol–water partition coefficient (Wildman–Crippen LogP) is 3.25. The number of halogens is 1. The lowest BCUT2D eigenvalue weighted by Crippen LogP contribution is -2.53. The Morgan fingerprint density at radius 3 is 2.70 bits per heavy atom. The number of carbonyl (C=O) groups is 1. The van der Waals surface area contributed by atoms with Gasteiger partial charge in [0.05, 0.1) is 24.5 Å². The number of ether oxygens (including phenoxy) is 1. The zero-order valence-electron chi connectivity index (χ0n) is 15.3. The molecule has 27 heavy (non-hydrogen) atoms. The molecule has 1 N–H and O–H groups in total. The van der Waals surface area contributed by atoms with Gasteiger partial charge in [-0.15, -0.1) is 0 Å². The summed E-state index contributed by atoms with van der Waals surface area (Å²) in [5, 5.41) is 2.91. The van der Waals surface area contributed by atoms with E-state index in [-0.39, 0.29) is 23.8 Å². The number of nitrogens with one attached hydrogen (secondary N) is 1. The van der Waals surface area contributed by atoms with Crippen LogP contribution in [-0.2, 0) is 4.79 Å². The van der Waals surface area contributed by atoms with E-state index in [4.69, 9.17) is 9.73 Å². The van der Waals surface area contributed by atoms with Crippen LogP contribution in [0, 0.1) is 12.7 Å². The molecule has 140 valence electrons. The Hall–Kier alpha value is -2.96. The molecule has 2 unspecified atom stereocenters. The van der Waals surface area contributed by atoms with Crippen LogP contribution in [0.25, 0.3) is 0 Å². The van der Waals surface area contributed by atoms with E-state index in [9.17, 15) is 9.18 Å². The van der Waals surface area contributed by atoms with Gasteiger partial charge >= 0.3 is 0 Å². The van der Waals surface area contributed by atoms with Crippen molar-refractivity contribution in [2.75, 3.05) is 7.11 Å². The Morgan fingerprint density at radius 2 is 2.00 bits per heavy atom. The number of benzene rings is 1. The third-order valence-electron chi connectivity index (χ3n) is 5.14. The minimum absolute atomic E-state index is 0.0334. The molecule has 4 rings (SSSR count). The van der Waals surface area contributed by atoms with Crippen LogP contribution in [0.3, 0.4) is 0 Å². The monoisotopic (exact) mass is 368 g/mol. The SMILES string of the molecule is COc1ccc(N=C2NC(=O)CC3CCC(c4ccc(F)cc4)N23)c(C)n1. The van der Waals surface area contributed by atoms with Gasteiger partial charge in [0.15, 0.2) is 0 Å². The van der Waals surface area contributed by atoms with E-state index in [2.05, 4.69) is 15.2 Å². The van der Waals surface area contributed by atoms with E-state index in [1.165, 1.54) is 12.1 Å². The molecule has 0 saturated carbocycles. The minimum atomic E-state index is -0.255. The number of hydrogen-bond acceptors (Lipinski definition) is 4. The van der Waals surface area contributed by atoms with Gasteiger partial charge in [0.25, 0.3) is 0 Å². The zero-order chi connectivity index (χ0) is 19.0. The number of guanidine groups is 1. The first-order valence-corrected chi connectivity index (χ1v) is 8.99. The molecular formula is C20H21FN4O2. The summed E-state index contributed by atoms with van der Waals surface area (Å²) in [5.74, 6) is 0.758. The van der Waals surface area contributed by atoms with E-state index >= 15 is 0 Å². The molecule has 3 heterocycles. The lowest BCUT2D eigenvalue weighted by molar-refractivity contribution is -0.121. The van der Waals surface area contributed by atoms with Gasteiger partial charge in [-0.1, -0.05) is 12.1 Å². The number of aryl methyl sites for hydroxylation is 1. The maximum absolute atomic E-state index is 13.3. The van der Waals surface area contributed by atoms with Crippen molar-refractivity contribution >= 4 is 17.6 Å². The number of pyridine rings is 1. The highest BCUT2D eigenvalue weighted by Gasteiger charge is 2.41. The minimum Gasteiger partial charge on any atom is -0.481 e. The van der Waals surface area contributed by atoms with Gasteiger partial charge in [0, 0.05) is 18.5 Å². The van der Waals surface area contributed by atoms with Gasteiger partial charge in [-0.05, 0) is 43.5 Å². The lowest BCUT2D eigenvalue weighted by Gasteiger charge is -2.36. The van der Waals surface area contributed by atoms with Crippen molar-refractivity contribution in [3.63, 3.8) is 0 Å². The molecule has 2 saturated heterocycles. The van der Waals surface area contributed by atoms with Crippen molar-refractivity contribution in [2.45, 2.75) is 38.3 Å². The van der Waals surface area contributed by atoms with Gasteiger partial charge < -0.3 is 9.64 Å². The van der Waals surface area contributed by atoms with Crippen LogP contribution in [0.2, 0.25) is 0 Å². The smallest absolute Gasteiger partial charge is 0.228 e. The average Bonchev–Trinajstić information content (AvgIpc) is 3.07. The molecule has 2 aliphatic heterocycles. The summed E-state index contributed by atoms with van der Waals surface area (Å²) in [6.45, 7) is 1.85. The molecule has 7 heteroatoms. The molecule has 0 aliphatic carbocycles. The van der Waals surface area contributed by atoms with Crippen molar-refractivity contribution in [3.05, 3.63) is 53.5 Å². The number of aliphatic imine (C=N–C) groups is 1. The molecule has 6 nitrogen and oxygen atoms in total. The van der Waals surface area contributed by atoms with E-state index in [1.54, 1.807) is 25.3 Å². The maximum Gasteiger partial charge on any atom is 0.228 e. The van der Waals surface area contributed by atoms with Gasteiger partial charge in [0.2, 0.25) is 17.7 Å². The topological polar surface area (TPSA) is 66.8 Å². The molecule has 2 fully saturated rings. The second-order valence-electron chi connectivity index (χ2n) is 6.85. The molecule has 0 spiro atoms. The first-order valence-electron chi connectivity index (χ1n) is 8.99. The van der Waals surface area contributed by atoms with Crippen molar-refractivity contribution in [3.8, 4) is 5.88 Å². The normalized spacial score (nSPS) is 23.3. The van der Waals surface area contributed by atoms with Gasteiger partial charge in [-0.2, -0.15) is 0 Å². The highest BCUT2D eigenvalue weighted by molar-refractivity contribution is 6.01. The Labute approximate surface area is 157 Å². The van der Waals surface area contributed by atoms with Crippen LogP contribution in [0.1, 0.15) is 36.6 Å². The highest BCUT2D eigenvalue weighted by atomic mass is 19.1. The quantitative estimate of drug-likeness (QED) is 0.903. The Balaban J connectivity index is 1.71. The Morgan fingerprint density at radius 1 is 1.22 bits per heavy atom. The zero-order valence-corrected chi connectivity index (χ0v) is 15.3. The van der Waals surface area contributed by atoms with E-state index < -0.39 is 0 Å². The fourth-order valence-corrected chi connectivity index (χ4v) is 3.83. The number of rotatable bonds is 3. The van der Waals surface area contributed by atoms with Crippen molar-refractivity contribution < 1.29 is 13.9 Å². The first-order chi connectivity index (χ1) is 13.0. The molecule has 0 bridgehead atoms. The second kappa shape index (κ2) is 6.98. The summed E-state index contributed by atoms with van der Waals surface area (Å²) >= 11 is 0. The first kappa shape index (κ1) is 17.5. The fraction of sp³-hybridized carbons (Fsp3) is 0.350. The predicted molar refractivity (Wildman–Crippen MR) is 99.4 cm³/mol. The summed E-state index contributed by atoms with van der Waals surface area (Å²) in [7, 11) is 1.57. The number of amides is 1. The van der Waals surface area contributed by atoms with Crippen LogP contribution in [0.4, 0.5) is 10.1 Å². The molecule has 2 aliphatic rings. The van der Waals surface area contributed by atoms with E-state index in [0.29, 0.717) is 23.9 Å². The third-order valence-corrected chi connectivity index (χ3v) is 5.14. The number of fused-ring (bicyclic) bond motifs is 1. The third kappa shape index (κ3) is 3.37.